The molecule has 1 aromatic heterocycles. The molecule has 0 N–H and O–H groups in total. The molecular weight excluding hydrogens is 251 g/mol. The van der Waals surface area contributed by atoms with Crippen molar-refractivity contribution in [3.63, 3.8) is 0 Å². The van der Waals surface area contributed by atoms with Crippen LogP contribution < -0.4 is 0 Å². The number of rotatable bonds is 4. The summed E-state index contributed by atoms with van der Waals surface area (Å²) < 4.78 is 37.3. The number of alkyl halides is 3. The summed E-state index contributed by atoms with van der Waals surface area (Å²) in [7, 11) is 0. The molecular formula is C15H16F3N. The van der Waals surface area contributed by atoms with E-state index in [1.807, 2.05) is 32.1 Å². The molecule has 1 aromatic rings. The molecule has 0 fully saturated rings. The third-order valence-electron chi connectivity index (χ3n) is 2.32. The number of pyridine rings is 1. The van der Waals surface area contributed by atoms with Gasteiger partial charge in [0.2, 0.25) is 0 Å². The second-order valence-electron chi connectivity index (χ2n) is 4.19. The van der Waals surface area contributed by atoms with Gasteiger partial charge in [-0.2, -0.15) is 13.2 Å². The highest BCUT2D eigenvalue weighted by atomic mass is 19.4. The monoisotopic (exact) mass is 267 g/mol. The molecule has 0 radical (unpaired) electrons. The first-order valence-corrected chi connectivity index (χ1v) is 5.92. The average Bonchev–Trinajstić information content (AvgIpc) is 2.33. The first-order valence-electron chi connectivity index (χ1n) is 5.92. The van der Waals surface area contributed by atoms with Crippen LogP contribution in [-0.2, 0) is 6.18 Å². The van der Waals surface area contributed by atoms with Crippen molar-refractivity contribution in [2.45, 2.75) is 26.4 Å². The minimum absolute atomic E-state index is 0.640. The van der Waals surface area contributed by atoms with Crippen molar-refractivity contribution in [2.75, 3.05) is 0 Å². The van der Waals surface area contributed by atoms with Gasteiger partial charge in [-0.1, -0.05) is 43.4 Å². The third-order valence-corrected chi connectivity index (χ3v) is 2.32. The van der Waals surface area contributed by atoms with Crippen LogP contribution in [0.4, 0.5) is 13.2 Å². The lowest BCUT2D eigenvalue weighted by Crippen LogP contribution is -2.07. The SMILES string of the molecule is C=C(C)/C=C(\C=C/CC)c1ccc(C(F)(F)F)nc1. The van der Waals surface area contributed by atoms with Crippen molar-refractivity contribution in [2.24, 2.45) is 0 Å². The summed E-state index contributed by atoms with van der Waals surface area (Å²) in [5.41, 5.74) is 1.39. The molecule has 19 heavy (non-hydrogen) atoms. The Morgan fingerprint density at radius 2 is 2.05 bits per heavy atom. The molecule has 1 rings (SSSR count). The molecule has 1 nitrogen and oxygen atoms in total. The zero-order valence-electron chi connectivity index (χ0n) is 11.0. The normalized spacial score (nSPS) is 13.0. The van der Waals surface area contributed by atoms with E-state index in [2.05, 4.69) is 11.6 Å². The van der Waals surface area contributed by atoms with Crippen LogP contribution in [0.15, 0.2) is 48.7 Å². The molecule has 0 unspecified atom stereocenters. The molecule has 0 aliphatic carbocycles. The van der Waals surface area contributed by atoms with E-state index in [4.69, 9.17) is 0 Å². The maximum atomic E-state index is 12.4. The second-order valence-corrected chi connectivity index (χ2v) is 4.19. The Labute approximate surface area is 111 Å². The van der Waals surface area contributed by atoms with E-state index >= 15 is 0 Å². The third kappa shape index (κ3) is 4.73. The molecule has 4 heteroatoms. The molecule has 0 saturated heterocycles. The fourth-order valence-corrected chi connectivity index (χ4v) is 1.47. The van der Waals surface area contributed by atoms with Crippen molar-refractivity contribution in [3.05, 3.63) is 60.0 Å². The molecule has 0 atom stereocenters. The van der Waals surface area contributed by atoms with Crippen LogP contribution in [0.25, 0.3) is 5.57 Å². The number of nitrogens with zero attached hydrogens (tertiary/aromatic N) is 1. The molecule has 0 aromatic carbocycles. The van der Waals surface area contributed by atoms with Crippen LogP contribution in [-0.4, -0.2) is 4.98 Å². The maximum Gasteiger partial charge on any atom is 0.433 e. The Morgan fingerprint density at radius 1 is 1.37 bits per heavy atom. The smallest absolute Gasteiger partial charge is 0.251 e. The number of halogens is 3. The highest BCUT2D eigenvalue weighted by molar-refractivity contribution is 5.75. The number of hydrogen-bond donors (Lipinski definition) is 0. The molecule has 0 aliphatic heterocycles. The summed E-state index contributed by atoms with van der Waals surface area (Å²) in [6, 6.07) is 2.41. The molecule has 1 heterocycles. The van der Waals surface area contributed by atoms with Gasteiger partial charge in [-0.25, -0.2) is 0 Å². The lowest BCUT2D eigenvalue weighted by Gasteiger charge is -2.07. The lowest BCUT2D eigenvalue weighted by atomic mass is 10.0. The van der Waals surface area contributed by atoms with Gasteiger partial charge in [0.05, 0.1) is 0 Å². The van der Waals surface area contributed by atoms with Crippen LogP contribution >= 0.6 is 0 Å². The Bertz CT molecular complexity index is 493. The van der Waals surface area contributed by atoms with E-state index < -0.39 is 11.9 Å². The van der Waals surface area contributed by atoms with Gasteiger partial charge < -0.3 is 0 Å². The van der Waals surface area contributed by atoms with Gasteiger partial charge in [0, 0.05) is 11.8 Å². The minimum Gasteiger partial charge on any atom is -0.251 e. The van der Waals surface area contributed by atoms with Crippen molar-refractivity contribution >= 4 is 5.57 Å². The van der Waals surface area contributed by atoms with E-state index in [-0.39, 0.29) is 0 Å². The van der Waals surface area contributed by atoms with Gasteiger partial charge in [-0.3, -0.25) is 4.98 Å². The zero-order chi connectivity index (χ0) is 14.5. The largest absolute Gasteiger partial charge is 0.433 e. The zero-order valence-corrected chi connectivity index (χ0v) is 11.0. The summed E-state index contributed by atoms with van der Waals surface area (Å²) in [6.07, 6.45) is 3.29. The molecule has 0 spiro atoms. The topological polar surface area (TPSA) is 12.9 Å². The Kier molecular flexibility index (Phi) is 5.10. The van der Waals surface area contributed by atoms with Gasteiger partial charge in [0.15, 0.2) is 0 Å². The summed E-state index contributed by atoms with van der Waals surface area (Å²) in [6.45, 7) is 7.59. The van der Waals surface area contributed by atoms with Crippen LogP contribution in [0.1, 0.15) is 31.5 Å². The van der Waals surface area contributed by atoms with Gasteiger partial charge in [-0.15, -0.1) is 0 Å². The van der Waals surface area contributed by atoms with Gasteiger partial charge in [0.25, 0.3) is 0 Å². The van der Waals surface area contributed by atoms with Gasteiger partial charge in [0.1, 0.15) is 5.69 Å². The van der Waals surface area contributed by atoms with Crippen LogP contribution in [0.2, 0.25) is 0 Å². The Balaban J connectivity index is 3.11. The molecule has 0 saturated carbocycles. The fraction of sp³-hybridized carbons (Fsp3) is 0.267. The van der Waals surface area contributed by atoms with Crippen LogP contribution in [0.5, 0.6) is 0 Å². The molecule has 0 aliphatic rings. The van der Waals surface area contributed by atoms with E-state index in [0.29, 0.717) is 5.56 Å². The minimum atomic E-state index is -4.41. The van der Waals surface area contributed by atoms with Crippen molar-refractivity contribution in [3.8, 4) is 0 Å². The lowest BCUT2D eigenvalue weighted by molar-refractivity contribution is -0.141. The van der Waals surface area contributed by atoms with E-state index in [1.54, 1.807) is 0 Å². The number of hydrogen-bond acceptors (Lipinski definition) is 1. The summed E-state index contributed by atoms with van der Waals surface area (Å²) in [5, 5.41) is 0. The fourth-order valence-electron chi connectivity index (χ4n) is 1.47. The number of aromatic nitrogens is 1. The maximum absolute atomic E-state index is 12.4. The Hall–Kier alpha value is -1.84. The van der Waals surface area contributed by atoms with E-state index in [9.17, 15) is 13.2 Å². The quantitative estimate of drug-likeness (QED) is 0.697. The first-order chi connectivity index (χ1) is 8.84. The van der Waals surface area contributed by atoms with E-state index in [0.717, 1.165) is 23.6 Å². The summed E-state index contributed by atoms with van der Waals surface area (Å²) in [5.74, 6) is 0. The van der Waals surface area contributed by atoms with E-state index in [1.165, 1.54) is 12.3 Å². The highest BCUT2D eigenvalue weighted by Gasteiger charge is 2.32. The van der Waals surface area contributed by atoms with Crippen molar-refractivity contribution in [1.29, 1.82) is 0 Å². The summed E-state index contributed by atoms with van der Waals surface area (Å²) >= 11 is 0. The van der Waals surface area contributed by atoms with Crippen LogP contribution in [0.3, 0.4) is 0 Å². The molecule has 0 amide bonds. The predicted molar refractivity (Wildman–Crippen MR) is 71.5 cm³/mol. The number of allylic oxidation sites excluding steroid dienone is 5. The average molecular weight is 267 g/mol. The molecule has 0 bridgehead atoms. The molecule has 102 valence electrons. The van der Waals surface area contributed by atoms with Gasteiger partial charge in [-0.05, 0) is 25.0 Å². The second kappa shape index (κ2) is 6.36. The highest BCUT2D eigenvalue weighted by Crippen LogP contribution is 2.28. The first kappa shape index (κ1) is 15.2. The van der Waals surface area contributed by atoms with Crippen molar-refractivity contribution in [1.82, 2.24) is 4.98 Å². The van der Waals surface area contributed by atoms with Crippen LogP contribution in [0, 0.1) is 0 Å². The van der Waals surface area contributed by atoms with Crippen molar-refractivity contribution < 1.29 is 13.2 Å². The summed E-state index contributed by atoms with van der Waals surface area (Å²) in [4.78, 5) is 3.46. The standard InChI is InChI=1S/C15H16F3N/c1-4-5-6-12(9-11(2)3)13-7-8-14(19-10-13)15(16,17)18/h5-10H,2,4H2,1,3H3/b6-5-,12-9+. The predicted octanol–water partition coefficient (Wildman–Crippen LogP) is 5.03. The Morgan fingerprint density at radius 3 is 2.47 bits per heavy atom. The van der Waals surface area contributed by atoms with Gasteiger partial charge >= 0.3 is 6.18 Å².